The van der Waals surface area contributed by atoms with Crippen molar-refractivity contribution in [2.24, 2.45) is 17.8 Å². The van der Waals surface area contributed by atoms with Crippen LogP contribution in [0.2, 0.25) is 0 Å². The number of carbonyl (C=O) groups excluding carboxylic acids is 2. The van der Waals surface area contributed by atoms with E-state index in [9.17, 15) is 9.59 Å². The van der Waals surface area contributed by atoms with Crippen LogP contribution in [0.1, 0.15) is 32.4 Å². The average molecular weight is 278 g/mol. The van der Waals surface area contributed by atoms with E-state index < -0.39 is 0 Å². The van der Waals surface area contributed by atoms with Crippen LogP contribution in [0.25, 0.3) is 0 Å². The standard InChI is InChI=1S/C15H22N2O3/c1-10(2)5-6-16-14(18)12-8-13(12)15(19)17-9-11-4-3-7-20-11/h3-4,7,10,12-13H,5-6,8-9H2,1-2H3,(H,16,18)(H,17,19). The van der Waals surface area contributed by atoms with E-state index in [2.05, 4.69) is 24.5 Å². The van der Waals surface area contributed by atoms with Gasteiger partial charge in [0.15, 0.2) is 0 Å². The maximum Gasteiger partial charge on any atom is 0.224 e. The number of amides is 2. The van der Waals surface area contributed by atoms with E-state index in [0.29, 0.717) is 25.4 Å². The normalized spacial score (nSPS) is 20.8. The van der Waals surface area contributed by atoms with Crippen LogP contribution >= 0.6 is 0 Å². The molecule has 0 aliphatic heterocycles. The highest BCUT2D eigenvalue weighted by atomic mass is 16.3. The molecule has 0 saturated heterocycles. The highest BCUT2D eigenvalue weighted by Gasteiger charge is 2.47. The first-order valence-corrected chi connectivity index (χ1v) is 7.15. The van der Waals surface area contributed by atoms with Gasteiger partial charge in [-0.1, -0.05) is 13.8 Å². The summed E-state index contributed by atoms with van der Waals surface area (Å²) in [5.41, 5.74) is 0. The van der Waals surface area contributed by atoms with Gasteiger partial charge in [-0.25, -0.2) is 0 Å². The Morgan fingerprint density at radius 2 is 2.00 bits per heavy atom. The molecule has 0 spiro atoms. The van der Waals surface area contributed by atoms with Crippen molar-refractivity contribution < 1.29 is 14.0 Å². The van der Waals surface area contributed by atoms with Crippen molar-refractivity contribution in [3.63, 3.8) is 0 Å². The fourth-order valence-corrected chi connectivity index (χ4v) is 2.11. The first-order chi connectivity index (χ1) is 9.58. The third-order valence-corrected chi connectivity index (χ3v) is 3.50. The van der Waals surface area contributed by atoms with E-state index in [1.54, 1.807) is 12.3 Å². The minimum atomic E-state index is -0.177. The van der Waals surface area contributed by atoms with Gasteiger partial charge in [-0.2, -0.15) is 0 Å². The predicted molar refractivity (Wildman–Crippen MR) is 74.6 cm³/mol. The van der Waals surface area contributed by atoms with Crippen LogP contribution in [0.5, 0.6) is 0 Å². The van der Waals surface area contributed by atoms with Crippen LogP contribution < -0.4 is 10.6 Å². The largest absolute Gasteiger partial charge is 0.467 e. The molecule has 1 aromatic heterocycles. The van der Waals surface area contributed by atoms with Gasteiger partial charge in [0.05, 0.1) is 24.6 Å². The highest BCUT2D eigenvalue weighted by molar-refractivity contribution is 5.92. The van der Waals surface area contributed by atoms with Crippen LogP contribution in [0.3, 0.4) is 0 Å². The van der Waals surface area contributed by atoms with Crippen LogP contribution in [0.15, 0.2) is 22.8 Å². The molecule has 5 heteroatoms. The molecule has 1 aliphatic carbocycles. The van der Waals surface area contributed by atoms with Gasteiger partial charge in [0, 0.05) is 6.54 Å². The number of furan rings is 1. The Balaban J connectivity index is 1.65. The van der Waals surface area contributed by atoms with Crippen LogP contribution in [-0.4, -0.2) is 18.4 Å². The molecule has 2 amide bonds. The maximum atomic E-state index is 11.9. The molecule has 1 aliphatic rings. The van der Waals surface area contributed by atoms with E-state index in [-0.39, 0.29) is 23.7 Å². The van der Waals surface area contributed by atoms with Crippen molar-refractivity contribution in [2.75, 3.05) is 6.54 Å². The molecule has 5 nitrogen and oxygen atoms in total. The molecule has 110 valence electrons. The van der Waals surface area contributed by atoms with Gasteiger partial charge in [0.1, 0.15) is 5.76 Å². The second kappa shape index (κ2) is 6.59. The van der Waals surface area contributed by atoms with Gasteiger partial charge >= 0.3 is 0 Å². The molecule has 0 radical (unpaired) electrons. The van der Waals surface area contributed by atoms with Gasteiger partial charge < -0.3 is 15.1 Å². The molecule has 0 aromatic carbocycles. The van der Waals surface area contributed by atoms with Gasteiger partial charge in [-0.3, -0.25) is 9.59 Å². The molecular formula is C15H22N2O3. The summed E-state index contributed by atoms with van der Waals surface area (Å²) in [6.07, 6.45) is 3.19. The molecule has 0 bridgehead atoms. The quantitative estimate of drug-likeness (QED) is 0.797. The summed E-state index contributed by atoms with van der Waals surface area (Å²) in [6, 6.07) is 3.59. The molecule has 2 N–H and O–H groups in total. The number of rotatable bonds is 7. The Morgan fingerprint density at radius 3 is 2.60 bits per heavy atom. The first-order valence-electron chi connectivity index (χ1n) is 7.15. The minimum absolute atomic E-state index is 0.00352. The minimum Gasteiger partial charge on any atom is -0.467 e. The lowest BCUT2D eigenvalue weighted by Gasteiger charge is -2.07. The Morgan fingerprint density at radius 1 is 1.30 bits per heavy atom. The van der Waals surface area contributed by atoms with Crippen molar-refractivity contribution in [3.05, 3.63) is 24.2 Å². The Kier molecular flexibility index (Phi) is 4.82. The van der Waals surface area contributed by atoms with E-state index in [1.807, 2.05) is 6.07 Å². The zero-order chi connectivity index (χ0) is 14.5. The van der Waals surface area contributed by atoms with E-state index in [4.69, 9.17) is 4.42 Å². The van der Waals surface area contributed by atoms with Crippen LogP contribution in [0.4, 0.5) is 0 Å². The molecule has 1 saturated carbocycles. The molecule has 1 aromatic rings. The second-order valence-electron chi connectivity index (χ2n) is 5.72. The van der Waals surface area contributed by atoms with Crippen molar-refractivity contribution in [1.29, 1.82) is 0 Å². The Hall–Kier alpha value is -1.78. The topological polar surface area (TPSA) is 71.3 Å². The van der Waals surface area contributed by atoms with E-state index in [1.165, 1.54) is 0 Å². The summed E-state index contributed by atoms with van der Waals surface area (Å²) in [4.78, 5) is 23.7. The third-order valence-electron chi connectivity index (χ3n) is 3.50. The average Bonchev–Trinajstić information content (AvgIpc) is 3.04. The summed E-state index contributed by atoms with van der Waals surface area (Å²) in [5.74, 6) is 0.899. The monoisotopic (exact) mass is 278 g/mol. The molecule has 1 fully saturated rings. The lowest BCUT2D eigenvalue weighted by Crippen LogP contribution is -2.30. The van der Waals surface area contributed by atoms with Crippen molar-refractivity contribution >= 4 is 11.8 Å². The number of hydrogen-bond acceptors (Lipinski definition) is 3. The fraction of sp³-hybridized carbons (Fsp3) is 0.600. The molecule has 1 heterocycles. The van der Waals surface area contributed by atoms with Crippen molar-refractivity contribution in [2.45, 2.75) is 33.2 Å². The molecule has 2 unspecified atom stereocenters. The number of hydrogen-bond donors (Lipinski definition) is 2. The lowest BCUT2D eigenvalue weighted by atomic mass is 10.1. The Labute approximate surface area is 119 Å². The van der Waals surface area contributed by atoms with Crippen molar-refractivity contribution in [3.8, 4) is 0 Å². The van der Waals surface area contributed by atoms with Crippen molar-refractivity contribution in [1.82, 2.24) is 10.6 Å². The summed E-state index contributed by atoms with van der Waals surface area (Å²) >= 11 is 0. The van der Waals surface area contributed by atoms with E-state index >= 15 is 0 Å². The van der Waals surface area contributed by atoms with Gasteiger partial charge in [-0.05, 0) is 30.9 Å². The second-order valence-corrected chi connectivity index (χ2v) is 5.72. The first kappa shape index (κ1) is 14.6. The molecule has 2 atom stereocenters. The maximum absolute atomic E-state index is 11.9. The number of carbonyl (C=O) groups is 2. The smallest absolute Gasteiger partial charge is 0.224 e. The zero-order valence-corrected chi connectivity index (χ0v) is 12.0. The number of nitrogens with one attached hydrogen (secondary N) is 2. The third kappa shape index (κ3) is 4.11. The lowest BCUT2D eigenvalue weighted by molar-refractivity contribution is -0.127. The van der Waals surface area contributed by atoms with E-state index in [0.717, 1.165) is 12.2 Å². The van der Waals surface area contributed by atoms with Crippen LogP contribution in [-0.2, 0) is 16.1 Å². The SMILES string of the molecule is CC(C)CCNC(=O)C1CC1C(=O)NCc1ccco1. The molecule has 2 rings (SSSR count). The van der Waals surface area contributed by atoms with Crippen LogP contribution in [0, 0.1) is 17.8 Å². The molecule has 20 heavy (non-hydrogen) atoms. The van der Waals surface area contributed by atoms with Gasteiger partial charge in [0.25, 0.3) is 0 Å². The summed E-state index contributed by atoms with van der Waals surface area (Å²) in [5, 5.41) is 5.69. The summed E-state index contributed by atoms with van der Waals surface area (Å²) < 4.78 is 5.14. The predicted octanol–water partition coefficient (Wildman–Crippen LogP) is 1.69. The van der Waals surface area contributed by atoms with Gasteiger partial charge in [0.2, 0.25) is 11.8 Å². The molecular weight excluding hydrogens is 256 g/mol. The van der Waals surface area contributed by atoms with Gasteiger partial charge in [-0.15, -0.1) is 0 Å². The summed E-state index contributed by atoms with van der Waals surface area (Å²) in [6.45, 7) is 5.31. The fourth-order valence-electron chi connectivity index (χ4n) is 2.11. The highest BCUT2D eigenvalue weighted by Crippen LogP contribution is 2.38. The Bertz CT molecular complexity index is 454. The zero-order valence-electron chi connectivity index (χ0n) is 12.0. The summed E-state index contributed by atoms with van der Waals surface area (Å²) in [7, 11) is 0.